The number of H-pyrrole nitrogens is 1. The maximum atomic E-state index is 12.3. The van der Waals surface area contributed by atoms with Gasteiger partial charge in [-0.1, -0.05) is 0 Å². The third-order valence-corrected chi connectivity index (χ3v) is 4.99. The highest BCUT2D eigenvalue weighted by atomic mass is 32.1. The SMILES string of the molecule is Cc1csc(CNC(=O)c2cnc3c(c2)c(=O)[nH]c(=O)n3C2CC2)n1. The normalized spacial score (nSPS) is 14.0. The maximum Gasteiger partial charge on any atom is 0.330 e. The molecule has 4 rings (SSSR count). The maximum absolute atomic E-state index is 12.3. The van der Waals surface area contributed by atoms with Gasteiger partial charge >= 0.3 is 5.69 Å². The average Bonchev–Trinajstić information content (AvgIpc) is 3.33. The number of pyridine rings is 1. The number of aryl methyl sites for hydroxylation is 1. The highest BCUT2D eigenvalue weighted by Crippen LogP contribution is 2.34. The third-order valence-electron chi connectivity index (χ3n) is 4.02. The molecule has 3 aromatic rings. The second kappa shape index (κ2) is 5.92. The lowest BCUT2D eigenvalue weighted by Crippen LogP contribution is -2.31. The van der Waals surface area contributed by atoms with Gasteiger partial charge in [0, 0.05) is 23.3 Å². The van der Waals surface area contributed by atoms with Gasteiger partial charge in [-0.2, -0.15) is 0 Å². The van der Waals surface area contributed by atoms with Gasteiger partial charge in [0.1, 0.15) is 10.7 Å². The Labute approximate surface area is 145 Å². The van der Waals surface area contributed by atoms with Crippen LogP contribution in [-0.4, -0.2) is 25.4 Å². The number of nitrogens with one attached hydrogen (secondary N) is 2. The molecule has 1 aliphatic rings. The predicted molar refractivity (Wildman–Crippen MR) is 92.9 cm³/mol. The molecule has 1 aliphatic carbocycles. The average molecular weight is 357 g/mol. The molecule has 0 unspecified atom stereocenters. The van der Waals surface area contributed by atoms with Crippen LogP contribution < -0.4 is 16.6 Å². The quantitative estimate of drug-likeness (QED) is 0.727. The van der Waals surface area contributed by atoms with Crippen molar-refractivity contribution < 1.29 is 4.79 Å². The number of rotatable bonds is 4. The van der Waals surface area contributed by atoms with E-state index in [1.54, 1.807) is 0 Å². The number of hydrogen-bond acceptors (Lipinski definition) is 6. The number of nitrogens with zero attached hydrogens (tertiary/aromatic N) is 3. The van der Waals surface area contributed by atoms with Gasteiger partial charge in [0.25, 0.3) is 11.5 Å². The summed E-state index contributed by atoms with van der Waals surface area (Å²) in [5.41, 5.74) is 0.514. The zero-order chi connectivity index (χ0) is 17.6. The molecule has 1 fully saturated rings. The van der Waals surface area contributed by atoms with Crippen molar-refractivity contribution in [2.75, 3.05) is 0 Å². The van der Waals surface area contributed by atoms with E-state index in [4.69, 9.17) is 0 Å². The molecule has 8 nitrogen and oxygen atoms in total. The first-order chi connectivity index (χ1) is 12.0. The van der Waals surface area contributed by atoms with Gasteiger partial charge in [-0.15, -0.1) is 11.3 Å². The molecule has 128 valence electrons. The van der Waals surface area contributed by atoms with Crippen LogP contribution in [0.4, 0.5) is 0 Å². The molecule has 0 bridgehead atoms. The largest absolute Gasteiger partial charge is 0.345 e. The highest BCUT2D eigenvalue weighted by Gasteiger charge is 2.27. The summed E-state index contributed by atoms with van der Waals surface area (Å²) >= 11 is 1.47. The molecule has 0 atom stereocenters. The van der Waals surface area contributed by atoms with Crippen molar-refractivity contribution in [3.8, 4) is 0 Å². The predicted octanol–water partition coefficient (Wildman–Crippen LogP) is 1.11. The van der Waals surface area contributed by atoms with Crippen molar-refractivity contribution >= 4 is 28.3 Å². The number of hydrogen-bond donors (Lipinski definition) is 2. The van der Waals surface area contributed by atoms with E-state index in [-0.39, 0.29) is 22.9 Å². The molecule has 0 spiro atoms. The van der Waals surface area contributed by atoms with Crippen molar-refractivity contribution in [3.05, 3.63) is 54.7 Å². The number of carbonyl (C=O) groups is 1. The highest BCUT2D eigenvalue weighted by molar-refractivity contribution is 7.09. The molecule has 9 heteroatoms. The van der Waals surface area contributed by atoms with Gasteiger partial charge < -0.3 is 5.32 Å². The fourth-order valence-corrected chi connectivity index (χ4v) is 3.39. The van der Waals surface area contributed by atoms with E-state index in [2.05, 4.69) is 20.3 Å². The minimum absolute atomic E-state index is 0.0761. The minimum atomic E-state index is -0.533. The van der Waals surface area contributed by atoms with Crippen LogP contribution in [0, 0.1) is 6.92 Å². The molecule has 3 heterocycles. The van der Waals surface area contributed by atoms with Crippen LogP contribution in [0.15, 0.2) is 27.2 Å². The molecular formula is C16H15N5O3S. The Kier molecular flexibility index (Phi) is 3.72. The Morgan fingerprint density at radius 1 is 1.44 bits per heavy atom. The number of aromatic nitrogens is 4. The van der Waals surface area contributed by atoms with Gasteiger partial charge in [0.15, 0.2) is 0 Å². The Morgan fingerprint density at radius 3 is 2.92 bits per heavy atom. The van der Waals surface area contributed by atoms with Crippen LogP contribution in [-0.2, 0) is 6.54 Å². The van der Waals surface area contributed by atoms with E-state index in [9.17, 15) is 14.4 Å². The van der Waals surface area contributed by atoms with Crippen molar-refractivity contribution in [3.63, 3.8) is 0 Å². The number of aromatic amines is 1. The first-order valence-corrected chi connectivity index (χ1v) is 8.74. The third kappa shape index (κ3) is 2.98. The summed E-state index contributed by atoms with van der Waals surface area (Å²) in [6, 6.07) is 1.55. The van der Waals surface area contributed by atoms with Crippen LogP contribution in [0.2, 0.25) is 0 Å². The monoisotopic (exact) mass is 357 g/mol. The molecule has 0 aromatic carbocycles. The lowest BCUT2D eigenvalue weighted by molar-refractivity contribution is 0.0950. The number of carbonyl (C=O) groups excluding carboxylic acids is 1. The van der Waals surface area contributed by atoms with E-state index in [0.29, 0.717) is 12.2 Å². The lowest BCUT2D eigenvalue weighted by atomic mass is 10.2. The standard InChI is InChI=1S/C16H15N5O3S/c1-8-7-25-12(19-8)6-18-14(22)9-4-11-13(17-5-9)21(10-2-3-10)16(24)20-15(11)23/h4-5,7,10H,2-3,6H2,1H3,(H,18,22)(H,20,23,24). The van der Waals surface area contributed by atoms with Crippen LogP contribution in [0.5, 0.6) is 0 Å². The Hall–Kier alpha value is -2.81. The van der Waals surface area contributed by atoms with Crippen LogP contribution in [0.25, 0.3) is 11.0 Å². The molecule has 0 aliphatic heterocycles. The van der Waals surface area contributed by atoms with Crippen molar-refractivity contribution in [2.24, 2.45) is 0 Å². The Balaban J connectivity index is 1.65. The summed E-state index contributed by atoms with van der Waals surface area (Å²) in [4.78, 5) is 47.2. The van der Waals surface area contributed by atoms with E-state index < -0.39 is 11.2 Å². The Bertz CT molecular complexity index is 1090. The molecule has 1 saturated carbocycles. The van der Waals surface area contributed by atoms with Crippen molar-refractivity contribution in [1.82, 2.24) is 24.8 Å². The molecule has 2 N–H and O–H groups in total. The van der Waals surface area contributed by atoms with E-state index in [1.165, 1.54) is 28.2 Å². The van der Waals surface area contributed by atoms with Crippen LogP contribution >= 0.6 is 11.3 Å². The zero-order valence-corrected chi connectivity index (χ0v) is 14.2. The van der Waals surface area contributed by atoms with Gasteiger partial charge in [0.05, 0.1) is 17.5 Å². The van der Waals surface area contributed by atoms with Crippen molar-refractivity contribution in [2.45, 2.75) is 32.4 Å². The van der Waals surface area contributed by atoms with Gasteiger partial charge in [-0.05, 0) is 25.8 Å². The second-order valence-electron chi connectivity index (χ2n) is 6.02. The summed E-state index contributed by atoms with van der Waals surface area (Å²) < 4.78 is 1.50. The smallest absolute Gasteiger partial charge is 0.330 e. The lowest BCUT2D eigenvalue weighted by Gasteiger charge is -2.08. The van der Waals surface area contributed by atoms with Gasteiger partial charge in [-0.25, -0.2) is 14.8 Å². The van der Waals surface area contributed by atoms with Crippen LogP contribution in [0.1, 0.15) is 39.9 Å². The molecule has 1 amide bonds. The topological polar surface area (TPSA) is 110 Å². The summed E-state index contributed by atoms with van der Waals surface area (Å²) in [5.74, 6) is -0.342. The van der Waals surface area contributed by atoms with E-state index in [1.807, 2.05) is 12.3 Å². The van der Waals surface area contributed by atoms with Crippen LogP contribution in [0.3, 0.4) is 0 Å². The molecular weight excluding hydrogens is 342 g/mol. The van der Waals surface area contributed by atoms with Gasteiger partial charge in [0.2, 0.25) is 0 Å². The first kappa shape index (κ1) is 15.7. The minimum Gasteiger partial charge on any atom is -0.345 e. The summed E-state index contributed by atoms with van der Waals surface area (Å²) in [6.07, 6.45) is 3.17. The Morgan fingerprint density at radius 2 is 2.24 bits per heavy atom. The molecule has 0 radical (unpaired) electrons. The number of fused-ring (bicyclic) bond motifs is 1. The summed E-state index contributed by atoms with van der Waals surface area (Å²) in [7, 11) is 0. The number of amides is 1. The van der Waals surface area contributed by atoms with E-state index in [0.717, 1.165) is 23.5 Å². The van der Waals surface area contributed by atoms with Crippen molar-refractivity contribution in [1.29, 1.82) is 0 Å². The number of thiazole rings is 1. The fraction of sp³-hybridized carbons (Fsp3) is 0.312. The summed E-state index contributed by atoms with van der Waals surface area (Å²) in [5, 5.41) is 5.72. The zero-order valence-electron chi connectivity index (χ0n) is 13.4. The second-order valence-corrected chi connectivity index (χ2v) is 6.96. The van der Waals surface area contributed by atoms with E-state index >= 15 is 0 Å². The molecule has 25 heavy (non-hydrogen) atoms. The molecule has 3 aromatic heterocycles. The first-order valence-electron chi connectivity index (χ1n) is 7.86. The fourth-order valence-electron chi connectivity index (χ4n) is 2.67. The molecule has 0 saturated heterocycles. The summed E-state index contributed by atoms with van der Waals surface area (Å²) in [6.45, 7) is 2.20. The van der Waals surface area contributed by atoms with Gasteiger partial charge in [-0.3, -0.25) is 19.1 Å².